The van der Waals surface area contributed by atoms with Crippen LogP contribution in [0.1, 0.15) is 5.56 Å². The lowest BCUT2D eigenvalue weighted by molar-refractivity contribution is 0.304. The maximum absolute atomic E-state index is 12.5. The molecule has 0 aliphatic rings. The molecule has 0 saturated heterocycles. The van der Waals surface area contributed by atoms with E-state index in [9.17, 15) is 4.79 Å². The van der Waals surface area contributed by atoms with Gasteiger partial charge in [0.1, 0.15) is 6.61 Å². The first-order valence-electron chi connectivity index (χ1n) is 6.56. The van der Waals surface area contributed by atoms with E-state index in [1.807, 2.05) is 48.5 Å². The van der Waals surface area contributed by atoms with E-state index in [0.717, 1.165) is 10.4 Å². The normalized spacial score (nSPS) is 10.3. The van der Waals surface area contributed by atoms with Crippen molar-refractivity contribution in [2.45, 2.75) is 6.61 Å². The molecule has 0 spiro atoms. The average Bonchev–Trinajstić information content (AvgIpc) is 2.98. The molecule has 0 bridgehead atoms. The van der Waals surface area contributed by atoms with Crippen molar-refractivity contribution in [1.82, 2.24) is 4.37 Å². The van der Waals surface area contributed by atoms with Gasteiger partial charge in [-0.15, -0.1) is 0 Å². The number of benzene rings is 1. The quantitative estimate of drug-likeness (QED) is 0.736. The number of ether oxygens (including phenoxy) is 1. The van der Waals surface area contributed by atoms with E-state index < -0.39 is 0 Å². The second-order valence-corrected chi connectivity index (χ2v) is 5.31. The zero-order valence-corrected chi connectivity index (χ0v) is 12.0. The zero-order valence-electron chi connectivity index (χ0n) is 11.2. The van der Waals surface area contributed by atoms with Gasteiger partial charge in [-0.1, -0.05) is 42.5 Å². The highest BCUT2D eigenvalue weighted by atomic mass is 32.1. The third kappa shape index (κ3) is 3.17. The second-order valence-electron chi connectivity index (χ2n) is 4.48. The van der Waals surface area contributed by atoms with Crippen molar-refractivity contribution < 1.29 is 4.74 Å². The summed E-state index contributed by atoms with van der Waals surface area (Å²) in [4.78, 5) is 13.4. The minimum absolute atomic E-state index is 0.111. The van der Waals surface area contributed by atoms with Crippen LogP contribution in [0.15, 0.2) is 71.7 Å². The number of nitrogens with zero attached hydrogens (tertiary/aromatic N) is 1. The van der Waals surface area contributed by atoms with Crippen LogP contribution in [0, 0.1) is 0 Å². The Kier molecular flexibility index (Phi) is 4.07. The number of hydrogen-bond donors (Lipinski definition) is 0. The van der Waals surface area contributed by atoms with Crippen LogP contribution in [0.2, 0.25) is 0 Å². The van der Waals surface area contributed by atoms with Crippen LogP contribution in [0.3, 0.4) is 0 Å². The van der Waals surface area contributed by atoms with E-state index in [2.05, 4.69) is 4.37 Å². The van der Waals surface area contributed by atoms with Gasteiger partial charge in [-0.05, 0) is 35.3 Å². The van der Waals surface area contributed by atoms with Gasteiger partial charge in [0, 0.05) is 11.8 Å². The first kappa shape index (κ1) is 13.5. The van der Waals surface area contributed by atoms with Gasteiger partial charge in [0.2, 0.25) is 5.43 Å². The highest BCUT2D eigenvalue weighted by Gasteiger charge is 2.08. The van der Waals surface area contributed by atoms with E-state index in [1.165, 1.54) is 11.5 Å². The molecule has 104 valence electrons. The molecule has 0 aliphatic heterocycles. The van der Waals surface area contributed by atoms with Crippen molar-refractivity contribution in [2.75, 3.05) is 0 Å². The van der Waals surface area contributed by atoms with Crippen molar-refractivity contribution in [3.8, 4) is 16.2 Å². The molecule has 0 radical (unpaired) electrons. The van der Waals surface area contributed by atoms with Gasteiger partial charge in [0.15, 0.2) is 5.75 Å². The Labute approximate surface area is 126 Å². The van der Waals surface area contributed by atoms with Crippen LogP contribution in [0.4, 0.5) is 0 Å². The van der Waals surface area contributed by atoms with Crippen LogP contribution in [-0.2, 0) is 6.61 Å². The Morgan fingerprint density at radius 2 is 1.71 bits per heavy atom. The molecule has 0 N–H and O–H groups in total. The van der Waals surface area contributed by atoms with Crippen molar-refractivity contribution in [3.05, 3.63) is 82.6 Å². The van der Waals surface area contributed by atoms with Crippen LogP contribution >= 0.6 is 11.5 Å². The smallest absolute Gasteiger partial charge is 0.229 e. The fraction of sp³-hybridized carbons (Fsp3) is 0.0588. The van der Waals surface area contributed by atoms with Gasteiger partial charge in [0.05, 0.1) is 4.88 Å². The minimum atomic E-state index is -0.111. The average molecular weight is 295 g/mol. The molecule has 3 rings (SSSR count). The van der Waals surface area contributed by atoms with Gasteiger partial charge in [-0.2, -0.15) is 0 Å². The molecule has 2 aromatic carbocycles. The van der Waals surface area contributed by atoms with Crippen molar-refractivity contribution in [2.24, 2.45) is 0 Å². The molecule has 1 aromatic heterocycles. The van der Waals surface area contributed by atoms with Crippen LogP contribution in [0.25, 0.3) is 10.4 Å². The largest absolute Gasteiger partial charge is 0.485 e. The Balaban J connectivity index is 1.91. The molecular formula is C17H13NO2S. The molecule has 21 heavy (non-hydrogen) atoms. The molecule has 0 amide bonds. The van der Waals surface area contributed by atoms with Crippen LogP contribution in [0.5, 0.6) is 5.75 Å². The molecule has 0 unspecified atom stereocenters. The monoisotopic (exact) mass is 295 g/mol. The lowest BCUT2D eigenvalue weighted by Crippen LogP contribution is -2.07. The minimum Gasteiger partial charge on any atom is -0.485 e. The standard InChI is InChI=1S/C17H13NO2S/c19-17-14(16-10-11-18-21-16)8-4-5-9-15(17)20-12-13-6-2-1-3-7-13/h1-11H,12H2. The summed E-state index contributed by atoms with van der Waals surface area (Å²) in [6, 6.07) is 18.8. The van der Waals surface area contributed by atoms with E-state index in [-0.39, 0.29) is 5.43 Å². The summed E-state index contributed by atoms with van der Waals surface area (Å²) in [6.45, 7) is 0.377. The molecule has 0 fully saturated rings. The molecular weight excluding hydrogens is 282 g/mol. The zero-order chi connectivity index (χ0) is 14.5. The van der Waals surface area contributed by atoms with Gasteiger partial charge in [-0.3, -0.25) is 4.79 Å². The van der Waals surface area contributed by atoms with Crippen molar-refractivity contribution >= 4 is 11.5 Å². The predicted octanol–water partition coefficient (Wildman–Crippen LogP) is 3.75. The van der Waals surface area contributed by atoms with Gasteiger partial charge in [-0.25, -0.2) is 4.37 Å². The highest BCUT2D eigenvalue weighted by molar-refractivity contribution is 7.09. The maximum Gasteiger partial charge on any atom is 0.229 e. The lowest BCUT2D eigenvalue weighted by atomic mass is 10.2. The molecule has 4 heteroatoms. The van der Waals surface area contributed by atoms with Crippen molar-refractivity contribution in [1.29, 1.82) is 0 Å². The molecule has 0 atom stereocenters. The molecule has 3 nitrogen and oxygen atoms in total. The molecule has 0 saturated carbocycles. The van der Waals surface area contributed by atoms with E-state index in [0.29, 0.717) is 17.9 Å². The SMILES string of the molecule is O=c1c(OCc2ccccc2)ccccc1-c1ccns1. The molecule has 0 aliphatic carbocycles. The van der Waals surface area contributed by atoms with E-state index in [4.69, 9.17) is 4.74 Å². The summed E-state index contributed by atoms with van der Waals surface area (Å²) in [5.74, 6) is 0.354. The number of aromatic nitrogens is 1. The maximum atomic E-state index is 12.5. The topological polar surface area (TPSA) is 39.2 Å². The van der Waals surface area contributed by atoms with Gasteiger partial charge >= 0.3 is 0 Å². The summed E-state index contributed by atoms with van der Waals surface area (Å²) < 4.78 is 9.74. The fourth-order valence-electron chi connectivity index (χ4n) is 1.98. The number of hydrogen-bond acceptors (Lipinski definition) is 4. The van der Waals surface area contributed by atoms with Gasteiger partial charge < -0.3 is 4.74 Å². The second kappa shape index (κ2) is 6.33. The summed E-state index contributed by atoms with van der Waals surface area (Å²) in [5, 5.41) is 0. The Bertz CT molecular complexity index is 770. The summed E-state index contributed by atoms with van der Waals surface area (Å²) >= 11 is 1.30. The highest BCUT2D eigenvalue weighted by Crippen LogP contribution is 2.20. The molecule has 3 aromatic rings. The first-order valence-corrected chi connectivity index (χ1v) is 7.33. The van der Waals surface area contributed by atoms with E-state index in [1.54, 1.807) is 18.3 Å². The predicted molar refractivity (Wildman–Crippen MR) is 84.6 cm³/mol. The summed E-state index contributed by atoms with van der Waals surface area (Å²) in [7, 11) is 0. The lowest BCUT2D eigenvalue weighted by Gasteiger charge is -2.04. The Hall–Kier alpha value is -2.46. The Morgan fingerprint density at radius 1 is 0.952 bits per heavy atom. The van der Waals surface area contributed by atoms with Crippen molar-refractivity contribution in [3.63, 3.8) is 0 Å². The third-order valence-corrected chi connectivity index (χ3v) is 3.81. The Morgan fingerprint density at radius 3 is 2.48 bits per heavy atom. The fourth-order valence-corrected chi connectivity index (χ4v) is 2.59. The van der Waals surface area contributed by atoms with Crippen LogP contribution in [-0.4, -0.2) is 4.37 Å². The van der Waals surface area contributed by atoms with Gasteiger partial charge in [0.25, 0.3) is 0 Å². The van der Waals surface area contributed by atoms with E-state index >= 15 is 0 Å². The molecule has 1 heterocycles. The summed E-state index contributed by atoms with van der Waals surface area (Å²) in [6.07, 6.45) is 1.69. The summed E-state index contributed by atoms with van der Waals surface area (Å²) in [5.41, 5.74) is 1.54. The number of rotatable bonds is 4. The first-order chi connectivity index (χ1) is 10.3. The van der Waals surface area contributed by atoms with Crippen LogP contribution < -0.4 is 10.2 Å². The third-order valence-electron chi connectivity index (χ3n) is 3.03.